The van der Waals surface area contributed by atoms with Crippen LogP contribution in [0, 0.1) is 11.3 Å². The Kier molecular flexibility index (Phi) is 2.71. The van der Waals surface area contributed by atoms with Gasteiger partial charge in [0, 0.05) is 18.4 Å². The SMILES string of the molecule is C=C(C)N(C)c1cccc(C#N)c1. The number of benzene rings is 1. The van der Waals surface area contributed by atoms with E-state index < -0.39 is 0 Å². The van der Waals surface area contributed by atoms with Crippen LogP contribution in [0.3, 0.4) is 0 Å². The van der Waals surface area contributed by atoms with Gasteiger partial charge in [-0.1, -0.05) is 12.6 Å². The van der Waals surface area contributed by atoms with Crippen molar-refractivity contribution in [2.24, 2.45) is 0 Å². The normalized spacial score (nSPS) is 9.00. The summed E-state index contributed by atoms with van der Waals surface area (Å²) in [4.78, 5) is 1.95. The molecule has 0 atom stereocenters. The zero-order valence-electron chi connectivity index (χ0n) is 7.91. The van der Waals surface area contributed by atoms with Crippen molar-refractivity contribution in [3.8, 4) is 6.07 Å². The number of hydrogen-bond acceptors (Lipinski definition) is 2. The molecule has 0 aliphatic rings. The van der Waals surface area contributed by atoms with Crippen molar-refractivity contribution in [3.63, 3.8) is 0 Å². The molecule has 0 saturated heterocycles. The van der Waals surface area contributed by atoms with E-state index in [1.807, 2.05) is 37.1 Å². The van der Waals surface area contributed by atoms with Gasteiger partial charge in [0.25, 0.3) is 0 Å². The average Bonchev–Trinajstić information content (AvgIpc) is 2.16. The second-order valence-electron chi connectivity index (χ2n) is 2.96. The molecule has 0 saturated carbocycles. The van der Waals surface area contributed by atoms with E-state index in [0.29, 0.717) is 5.56 Å². The monoisotopic (exact) mass is 172 g/mol. The molecule has 1 aromatic carbocycles. The summed E-state index contributed by atoms with van der Waals surface area (Å²) in [5.41, 5.74) is 2.62. The third-order valence-corrected chi connectivity index (χ3v) is 1.94. The van der Waals surface area contributed by atoms with E-state index >= 15 is 0 Å². The van der Waals surface area contributed by atoms with Crippen LogP contribution in [-0.4, -0.2) is 7.05 Å². The maximum Gasteiger partial charge on any atom is 0.0992 e. The second-order valence-corrected chi connectivity index (χ2v) is 2.96. The van der Waals surface area contributed by atoms with Crippen LogP contribution in [0.4, 0.5) is 5.69 Å². The fourth-order valence-corrected chi connectivity index (χ4v) is 1.00. The van der Waals surface area contributed by atoms with Gasteiger partial charge in [-0.3, -0.25) is 0 Å². The fraction of sp³-hybridized carbons (Fsp3) is 0.182. The van der Waals surface area contributed by atoms with Crippen molar-refractivity contribution in [2.45, 2.75) is 6.92 Å². The first-order valence-corrected chi connectivity index (χ1v) is 4.04. The third-order valence-electron chi connectivity index (χ3n) is 1.94. The van der Waals surface area contributed by atoms with Gasteiger partial charge in [0.1, 0.15) is 0 Å². The highest BCUT2D eigenvalue weighted by Gasteiger charge is 2.00. The van der Waals surface area contributed by atoms with Crippen LogP contribution in [0.2, 0.25) is 0 Å². The number of rotatable bonds is 2. The average molecular weight is 172 g/mol. The summed E-state index contributed by atoms with van der Waals surface area (Å²) in [6.45, 7) is 5.76. The molecule has 0 fully saturated rings. The van der Waals surface area contributed by atoms with Gasteiger partial charge in [-0.2, -0.15) is 5.26 Å². The quantitative estimate of drug-likeness (QED) is 0.685. The molecule has 0 aliphatic carbocycles. The van der Waals surface area contributed by atoms with E-state index in [2.05, 4.69) is 12.6 Å². The van der Waals surface area contributed by atoms with Gasteiger partial charge in [-0.05, 0) is 25.1 Å². The number of allylic oxidation sites excluding steroid dienone is 1. The predicted molar refractivity (Wildman–Crippen MR) is 54.4 cm³/mol. The van der Waals surface area contributed by atoms with E-state index in [-0.39, 0.29) is 0 Å². The minimum absolute atomic E-state index is 0.672. The minimum Gasteiger partial charge on any atom is -0.349 e. The number of nitrogens with zero attached hydrogens (tertiary/aromatic N) is 2. The van der Waals surface area contributed by atoms with E-state index in [1.54, 1.807) is 6.07 Å². The molecule has 1 aromatic rings. The molecule has 66 valence electrons. The molecule has 0 spiro atoms. The van der Waals surface area contributed by atoms with Crippen LogP contribution < -0.4 is 4.90 Å². The molecule has 0 bridgehead atoms. The predicted octanol–water partition coefficient (Wildman–Crippen LogP) is 2.53. The summed E-state index contributed by atoms with van der Waals surface area (Å²) in [7, 11) is 1.93. The lowest BCUT2D eigenvalue weighted by atomic mass is 10.2. The molecule has 0 aromatic heterocycles. The van der Waals surface area contributed by atoms with Crippen LogP contribution in [0.15, 0.2) is 36.5 Å². The molecule has 0 N–H and O–H groups in total. The zero-order valence-corrected chi connectivity index (χ0v) is 7.91. The molecular weight excluding hydrogens is 160 g/mol. The maximum atomic E-state index is 8.69. The summed E-state index contributed by atoms with van der Waals surface area (Å²) in [6.07, 6.45) is 0. The third kappa shape index (κ3) is 2.09. The van der Waals surface area contributed by atoms with Gasteiger partial charge in [0.05, 0.1) is 11.6 Å². The Hall–Kier alpha value is -1.75. The lowest BCUT2D eigenvalue weighted by Gasteiger charge is -2.18. The van der Waals surface area contributed by atoms with E-state index in [4.69, 9.17) is 5.26 Å². The summed E-state index contributed by atoms with van der Waals surface area (Å²) >= 11 is 0. The van der Waals surface area contributed by atoms with Crippen LogP contribution in [0.5, 0.6) is 0 Å². The number of anilines is 1. The van der Waals surface area contributed by atoms with Gasteiger partial charge < -0.3 is 4.90 Å². The topological polar surface area (TPSA) is 27.0 Å². The Morgan fingerprint density at radius 2 is 2.23 bits per heavy atom. The van der Waals surface area contributed by atoms with Crippen LogP contribution in [-0.2, 0) is 0 Å². The van der Waals surface area contributed by atoms with Gasteiger partial charge >= 0.3 is 0 Å². The van der Waals surface area contributed by atoms with Gasteiger partial charge in [-0.25, -0.2) is 0 Å². The van der Waals surface area contributed by atoms with Gasteiger partial charge in [-0.15, -0.1) is 0 Å². The van der Waals surface area contributed by atoms with Crippen molar-refractivity contribution in [1.82, 2.24) is 0 Å². The van der Waals surface area contributed by atoms with Gasteiger partial charge in [0.2, 0.25) is 0 Å². The molecule has 2 nitrogen and oxygen atoms in total. The van der Waals surface area contributed by atoms with Crippen LogP contribution in [0.1, 0.15) is 12.5 Å². The first kappa shape index (κ1) is 9.34. The summed E-state index contributed by atoms with van der Waals surface area (Å²) in [5.74, 6) is 0. The van der Waals surface area contributed by atoms with Crippen molar-refractivity contribution < 1.29 is 0 Å². The maximum absolute atomic E-state index is 8.69. The molecule has 0 radical (unpaired) electrons. The second kappa shape index (κ2) is 3.77. The molecule has 0 heterocycles. The van der Waals surface area contributed by atoms with Gasteiger partial charge in [0.15, 0.2) is 0 Å². The number of hydrogen-bond donors (Lipinski definition) is 0. The smallest absolute Gasteiger partial charge is 0.0992 e. The van der Waals surface area contributed by atoms with E-state index in [0.717, 1.165) is 11.4 Å². The minimum atomic E-state index is 0.672. The van der Waals surface area contributed by atoms with Crippen molar-refractivity contribution in [2.75, 3.05) is 11.9 Å². The Morgan fingerprint density at radius 3 is 2.77 bits per heavy atom. The Balaban J connectivity index is 3.03. The Morgan fingerprint density at radius 1 is 1.54 bits per heavy atom. The Bertz CT molecular complexity index is 361. The summed E-state index contributed by atoms with van der Waals surface area (Å²) in [6, 6.07) is 9.56. The fourth-order valence-electron chi connectivity index (χ4n) is 1.00. The molecule has 13 heavy (non-hydrogen) atoms. The summed E-state index contributed by atoms with van der Waals surface area (Å²) in [5, 5.41) is 8.69. The molecule has 2 heteroatoms. The van der Waals surface area contributed by atoms with Crippen molar-refractivity contribution in [1.29, 1.82) is 5.26 Å². The number of nitriles is 1. The molecule has 0 aliphatic heterocycles. The summed E-state index contributed by atoms with van der Waals surface area (Å²) < 4.78 is 0. The Labute approximate surface area is 78.7 Å². The molecule has 1 rings (SSSR count). The van der Waals surface area contributed by atoms with E-state index in [1.165, 1.54) is 0 Å². The highest BCUT2D eigenvalue weighted by atomic mass is 15.1. The standard InChI is InChI=1S/C11H12N2/c1-9(2)13(3)11-6-4-5-10(7-11)8-12/h4-7H,1H2,2-3H3. The lowest BCUT2D eigenvalue weighted by molar-refractivity contribution is 1.10. The van der Waals surface area contributed by atoms with Crippen molar-refractivity contribution in [3.05, 3.63) is 42.1 Å². The largest absolute Gasteiger partial charge is 0.349 e. The molecule has 0 amide bonds. The highest BCUT2D eigenvalue weighted by Crippen LogP contribution is 2.17. The van der Waals surface area contributed by atoms with Crippen molar-refractivity contribution >= 4 is 5.69 Å². The lowest BCUT2D eigenvalue weighted by Crippen LogP contribution is -2.12. The highest BCUT2D eigenvalue weighted by molar-refractivity contribution is 5.54. The zero-order chi connectivity index (χ0) is 9.84. The molecule has 0 unspecified atom stereocenters. The molecular formula is C11H12N2. The van der Waals surface area contributed by atoms with E-state index in [9.17, 15) is 0 Å². The van der Waals surface area contributed by atoms with Crippen LogP contribution in [0.25, 0.3) is 0 Å². The first-order chi connectivity index (χ1) is 6.15. The first-order valence-electron chi connectivity index (χ1n) is 4.04. The van der Waals surface area contributed by atoms with Crippen LogP contribution >= 0.6 is 0 Å².